The molecule has 2 aliphatic heterocycles. The first-order valence-corrected chi connectivity index (χ1v) is 10.3. The van der Waals surface area contributed by atoms with Crippen molar-refractivity contribution in [2.45, 2.75) is 45.0 Å². The average Bonchev–Trinajstić information content (AvgIpc) is 3.15. The van der Waals surface area contributed by atoms with E-state index < -0.39 is 12.1 Å². The highest BCUT2D eigenvalue weighted by Gasteiger charge is 2.44. The minimum absolute atomic E-state index is 0.00765. The van der Waals surface area contributed by atoms with Gasteiger partial charge in [0.1, 0.15) is 6.61 Å². The van der Waals surface area contributed by atoms with Gasteiger partial charge in [0.2, 0.25) is 5.91 Å². The quantitative estimate of drug-likeness (QED) is 0.817. The number of hydrogen-bond donors (Lipinski definition) is 0. The predicted octanol–water partition coefficient (Wildman–Crippen LogP) is 3.01. The molecule has 2 aliphatic rings. The first-order valence-electron chi connectivity index (χ1n) is 9.38. The molecule has 1 saturated heterocycles. The molecule has 2 aromatic rings. The Hall–Kier alpha value is -2.18. The van der Waals surface area contributed by atoms with E-state index in [1.165, 1.54) is 10.4 Å². The van der Waals surface area contributed by atoms with Gasteiger partial charge in [-0.05, 0) is 42.8 Å². The predicted molar refractivity (Wildman–Crippen MR) is 104 cm³/mol. The normalized spacial score (nSPS) is 22.9. The summed E-state index contributed by atoms with van der Waals surface area (Å²) in [5.74, 6) is -0.0967. The lowest BCUT2D eigenvalue weighted by Gasteiger charge is -2.44. The number of carbonyl (C=O) groups excluding carboxylic acids is 2. The first-order chi connectivity index (χ1) is 13.1. The smallest absolute Gasteiger partial charge is 0.254 e. The summed E-state index contributed by atoms with van der Waals surface area (Å²) in [5, 5.41) is 2.09. The molecule has 1 aromatic carbocycles. The van der Waals surface area contributed by atoms with Crippen molar-refractivity contribution in [1.29, 1.82) is 0 Å². The number of thiophene rings is 1. The molecule has 0 saturated carbocycles. The monoisotopic (exact) mass is 384 g/mol. The van der Waals surface area contributed by atoms with Crippen LogP contribution in [0, 0.1) is 0 Å². The average molecular weight is 385 g/mol. The minimum Gasteiger partial charge on any atom is -0.356 e. The van der Waals surface area contributed by atoms with Crippen molar-refractivity contribution in [2.75, 3.05) is 13.2 Å². The molecule has 5 nitrogen and oxygen atoms in total. The van der Waals surface area contributed by atoms with E-state index in [2.05, 4.69) is 11.4 Å². The highest BCUT2D eigenvalue weighted by atomic mass is 32.1. The van der Waals surface area contributed by atoms with Crippen LogP contribution in [0.5, 0.6) is 0 Å². The van der Waals surface area contributed by atoms with Crippen LogP contribution < -0.4 is 0 Å². The van der Waals surface area contributed by atoms with E-state index in [0.29, 0.717) is 13.1 Å². The van der Waals surface area contributed by atoms with Gasteiger partial charge in [0.05, 0.1) is 6.04 Å². The second-order valence-corrected chi connectivity index (χ2v) is 8.36. The molecule has 0 aliphatic carbocycles. The van der Waals surface area contributed by atoms with Crippen LogP contribution in [0.25, 0.3) is 0 Å². The molecule has 0 spiro atoms. The van der Waals surface area contributed by atoms with Gasteiger partial charge < -0.3 is 14.5 Å². The van der Waals surface area contributed by atoms with E-state index in [0.717, 1.165) is 12.0 Å². The highest BCUT2D eigenvalue weighted by Crippen LogP contribution is 2.34. The molecule has 142 valence electrons. The van der Waals surface area contributed by atoms with Crippen molar-refractivity contribution in [1.82, 2.24) is 9.80 Å². The Labute approximate surface area is 163 Å². The standard InChI is InChI=1S/C21H24N2O3S/c1-14(2)23-18(24)13-26-20(19(23)15-6-4-3-5-7-15)21(25)22-10-8-17-16(12-22)9-11-27-17/h3-7,9,11,14,19-20H,8,10,12-13H2,1-2H3/t19-,20+/m1/s1. The van der Waals surface area contributed by atoms with Crippen molar-refractivity contribution in [3.8, 4) is 0 Å². The number of nitrogens with zero attached hydrogens (tertiary/aromatic N) is 2. The van der Waals surface area contributed by atoms with E-state index in [4.69, 9.17) is 4.74 Å². The Morgan fingerprint density at radius 3 is 2.74 bits per heavy atom. The fourth-order valence-corrected chi connectivity index (χ4v) is 4.94. The van der Waals surface area contributed by atoms with E-state index in [1.54, 1.807) is 16.2 Å². The number of amides is 2. The highest BCUT2D eigenvalue weighted by molar-refractivity contribution is 7.10. The summed E-state index contributed by atoms with van der Waals surface area (Å²) in [7, 11) is 0. The molecule has 3 heterocycles. The zero-order valence-corrected chi connectivity index (χ0v) is 16.4. The zero-order valence-electron chi connectivity index (χ0n) is 15.6. The molecule has 27 heavy (non-hydrogen) atoms. The van der Waals surface area contributed by atoms with E-state index in [1.807, 2.05) is 49.1 Å². The molecule has 0 bridgehead atoms. The largest absolute Gasteiger partial charge is 0.356 e. The third-order valence-corrected chi connectivity index (χ3v) is 6.34. The Kier molecular flexibility index (Phi) is 5.02. The summed E-state index contributed by atoms with van der Waals surface area (Å²) in [6.07, 6.45) is 0.210. The van der Waals surface area contributed by atoms with Gasteiger partial charge in [-0.25, -0.2) is 0 Å². The minimum atomic E-state index is -0.673. The molecule has 2 amide bonds. The van der Waals surface area contributed by atoms with Gasteiger partial charge in [0.25, 0.3) is 5.91 Å². The summed E-state index contributed by atoms with van der Waals surface area (Å²) < 4.78 is 5.84. The van der Waals surface area contributed by atoms with Gasteiger partial charge in [0, 0.05) is 24.0 Å². The van der Waals surface area contributed by atoms with Crippen LogP contribution in [0.1, 0.15) is 35.9 Å². The van der Waals surface area contributed by atoms with Crippen LogP contribution in [0.3, 0.4) is 0 Å². The number of morpholine rings is 1. The van der Waals surface area contributed by atoms with Crippen molar-refractivity contribution in [3.63, 3.8) is 0 Å². The van der Waals surface area contributed by atoms with Crippen LogP contribution in [-0.2, 0) is 27.3 Å². The van der Waals surface area contributed by atoms with Gasteiger partial charge in [0.15, 0.2) is 6.10 Å². The fraction of sp³-hybridized carbons (Fsp3) is 0.429. The maximum absolute atomic E-state index is 13.4. The maximum atomic E-state index is 13.4. The number of benzene rings is 1. The second-order valence-electron chi connectivity index (χ2n) is 7.36. The lowest BCUT2D eigenvalue weighted by molar-refractivity contribution is -0.172. The molecule has 2 atom stereocenters. The Morgan fingerprint density at radius 2 is 2.00 bits per heavy atom. The zero-order chi connectivity index (χ0) is 19.0. The second kappa shape index (κ2) is 7.44. The Balaban J connectivity index is 1.65. The summed E-state index contributed by atoms with van der Waals surface area (Å²) in [6.45, 7) is 5.24. The van der Waals surface area contributed by atoms with E-state index in [-0.39, 0.29) is 24.5 Å². The van der Waals surface area contributed by atoms with Crippen LogP contribution in [0.2, 0.25) is 0 Å². The van der Waals surface area contributed by atoms with E-state index in [9.17, 15) is 9.59 Å². The molecule has 1 fully saturated rings. The molecule has 6 heteroatoms. The molecular weight excluding hydrogens is 360 g/mol. The summed E-state index contributed by atoms with van der Waals surface area (Å²) in [6, 6.07) is 11.4. The van der Waals surface area contributed by atoms with Crippen LogP contribution in [0.15, 0.2) is 41.8 Å². The number of ether oxygens (including phenoxy) is 1. The fourth-order valence-electron chi connectivity index (χ4n) is 4.05. The number of rotatable bonds is 3. The lowest BCUT2D eigenvalue weighted by Crippen LogP contribution is -2.57. The van der Waals surface area contributed by atoms with Gasteiger partial charge in [-0.2, -0.15) is 0 Å². The van der Waals surface area contributed by atoms with Gasteiger partial charge in [-0.3, -0.25) is 9.59 Å². The van der Waals surface area contributed by atoms with Crippen molar-refractivity contribution >= 4 is 23.2 Å². The van der Waals surface area contributed by atoms with Crippen molar-refractivity contribution < 1.29 is 14.3 Å². The molecule has 1 aromatic heterocycles. The number of hydrogen-bond acceptors (Lipinski definition) is 4. The molecule has 0 N–H and O–H groups in total. The third-order valence-electron chi connectivity index (χ3n) is 5.32. The Morgan fingerprint density at radius 1 is 1.22 bits per heavy atom. The summed E-state index contributed by atoms with van der Waals surface area (Å²) in [4.78, 5) is 31.0. The van der Waals surface area contributed by atoms with Gasteiger partial charge in [-0.1, -0.05) is 30.3 Å². The van der Waals surface area contributed by atoms with E-state index >= 15 is 0 Å². The summed E-state index contributed by atoms with van der Waals surface area (Å²) >= 11 is 1.75. The van der Waals surface area contributed by atoms with Crippen molar-refractivity contribution in [3.05, 3.63) is 57.8 Å². The van der Waals surface area contributed by atoms with Gasteiger partial charge >= 0.3 is 0 Å². The lowest BCUT2D eigenvalue weighted by atomic mass is 9.95. The third kappa shape index (κ3) is 3.39. The number of fused-ring (bicyclic) bond motifs is 1. The molecule has 4 rings (SSSR count). The van der Waals surface area contributed by atoms with Crippen LogP contribution in [-0.4, -0.2) is 46.9 Å². The first kappa shape index (κ1) is 18.2. The summed E-state index contributed by atoms with van der Waals surface area (Å²) in [5.41, 5.74) is 2.16. The SMILES string of the molecule is CC(C)N1C(=O)CO[C@H](C(=O)N2CCc3sccc3C2)[C@H]1c1ccccc1. The number of carbonyl (C=O) groups is 2. The maximum Gasteiger partial charge on any atom is 0.254 e. The topological polar surface area (TPSA) is 49.9 Å². The molecule has 0 unspecified atom stereocenters. The molecular formula is C21H24N2O3S. The molecule has 0 radical (unpaired) electrons. The Bertz CT molecular complexity index is 833. The van der Waals surface area contributed by atoms with Gasteiger partial charge in [-0.15, -0.1) is 11.3 Å². The van der Waals surface area contributed by atoms with Crippen molar-refractivity contribution in [2.24, 2.45) is 0 Å². The van der Waals surface area contributed by atoms with Crippen LogP contribution in [0.4, 0.5) is 0 Å². The van der Waals surface area contributed by atoms with Crippen LogP contribution >= 0.6 is 11.3 Å².